The van der Waals surface area contributed by atoms with Crippen LogP contribution < -0.4 is 0 Å². The van der Waals surface area contributed by atoms with Crippen LogP contribution in [0.25, 0.3) is 0 Å². The minimum absolute atomic E-state index is 0.300. The van der Waals surface area contributed by atoms with Crippen LogP contribution in [0.3, 0.4) is 0 Å². The second-order valence-corrected chi connectivity index (χ2v) is 5.40. The lowest BCUT2D eigenvalue weighted by Gasteiger charge is -2.16. The standard InChI is InChI=1S/C8H14ClO3P/c1-2-11-13(9,10)12-8-6-4-3-5-7-8/h6H,2-5,7H2,1H3. The molecule has 0 saturated carbocycles. The number of hydrogen-bond acceptors (Lipinski definition) is 3. The SMILES string of the molecule is CCOP(=O)(Cl)OC1=CCCCC1. The number of hydrogen-bond donors (Lipinski definition) is 0. The molecule has 1 aliphatic carbocycles. The molecule has 0 spiro atoms. The Bertz CT molecular complexity index is 240. The maximum atomic E-state index is 11.4. The van der Waals surface area contributed by atoms with E-state index in [0.29, 0.717) is 12.4 Å². The van der Waals surface area contributed by atoms with Crippen LogP contribution in [-0.4, -0.2) is 6.61 Å². The monoisotopic (exact) mass is 224 g/mol. The van der Waals surface area contributed by atoms with Crippen LogP contribution >= 0.6 is 18.2 Å². The molecule has 0 aromatic carbocycles. The molecule has 0 heterocycles. The third-order valence-corrected chi connectivity index (χ3v) is 3.28. The summed E-state index contributed by atoms with van der Waals surface area (Å²) in [6, 6.07) is 0. The molecule has 1 rings (SSSR count). The Morgan fingerprint density at radius 1 is 1.62 bits per heavy atom. The van der Waals surface area contributed by atoms with Crippen LogP contribution in [0, 0.1) is 0 Å². The second-order valence-electron chi connectivity index (χ2n) is 2.86. The van der Waals surface area contributed by atoms with E-state index in [2.05, 4.69) is 0 Å². The normalized spacial score (nSPS) is 21.8. The summed E-state index contributed by atoms with van der Waals surface area (Å²) in [7, 11) is 0. The molecule has 0 aliphatic heterocycles. The van der Waals surface area contributed by atoms with Gasteiger partial charge in [-0.15, -0.1) is 0 Å². The van der Waals surface area contributed by atoms with Gasteiger partial charge in [-0.25, -0.2) is 4.57 Å². The third-order valence-electron chi connectivity index (χ3n) is 1.76. The Balaban J connectivity index is 2.46. The highest BCUT2D eigenvalue weighted by atomic mass is 35.7. The highest BCUT2D eigenvalue weighted by Crippen LogP contribution is 2.55. The van der Waals surface area contributed by atoms with Crippen LogP contribution in [0.5, 0.6) is 0 Å². The average molecular weight is 225 g/mol. The van der Waals surface area contributed by atoms with Gasteiger partial charge in [0, 0.05) is 17.7 Å². The van der Waals surface area contributed by atoms with Crippen molar-refractivity contribution in [2.75, 3.05) is 6.61 Å². The molecule has 0 bridgehead atoms. The maximum Gasteiger partial charge on any atom is 0.476 e. The molecule has 5 heteroatoms. The van der Waals surface area contributed by atoms with Crippen molar-refractivity contribution in [1.29, 1.82) is 0 Å². The molecule has 3 nitrogen and oxygen atoms in total. The highest BCUT2D eigenvalue weighted by molar-refractivity contribution is 7.81. The quantitative estimate of drug-likeness (QED) is 0.681. The minimum atomic E-state index is -3.36. The van der Waals surface area contributed by atoms with Gasteiger partial charge in [0.25, 0.3) is 0 Å². The molecule has 1 unspecified atom stereocenters. The summed E-state index contributed by atoms with van der Waals surface area (Å²) in [5, 5.41) is 0. The van der Waals surface area contributed by atoms with Crippen molar-refractivity contribution in [3.05, 3.63) is 11.8 Å². The Morgan fingerprint density at radius 2 is 2.38 bits per heavy atom. The first-order valence-corrected chi connectivity index (χ1v) is 6.91. The molecular formula is C8H14ClO3P. The van der Waals surface area contributed by atoms with Crippen molar-refractivity contribution in [2.24, 2.45) is 0 Å². The van der Waals surface area contributed by atoms with E-state index in [1.807, 2.05) is 6.08 Å². The van der Waals surface area contributed by atoms with Gasteiger partial charge in [-0.3, -0.25) is 4.52 Å². The summed E-state index contributed by atoms with van der Waals surface area (Å²) in [6.07, 6.45) is 5.93. The second kappa shape index (κ2) is 5.04. The molecule has 0 aromatic heterocycles. The van der Waals surface area contributed by atoms with E-state index in [0.717, 1.165) is 25.7 Å². The lowest BCUT2D eigenvalue weighted by atomic mass is 10.1. The Morgan fingerprint density at radius 3 is 2.92 bits per heavy atom. The lowest BCUT2D eigenvalue weighted by molar-refractivity contribution is 0.257. The fraction of sp³-hybridized carbons (Fsp3) is 0.750. The predicted octanol–water partition coefficient (Wildman–Crippen LogP) is 3.84. The van der Waals surface area contributed by atoms with Gasteiger partial charge >= 0.3 is 6.95 Å². The molecule has 0 saturated heterocycles. The molecule has 0 radical (unpaired) electrons. The van der Waals surface area contributed by atoms with Crippen molar-refractivity contribution in [3.8, 4) is 0 Å². The molecular weight excluding hydrogens is 211 g/mol. The van der Waals surface area contributed by atoms with Crippen LogP contribution in [0.4, 0.5) is 0 Å². The van der Waals surface area contributed by atoms with Crippen molar-refractivity contribution < 1.29 is 13.6 Å². The Labute approximate surface area is 83.4 Å². The molecule has 0 fully saturated rings. The first-order valence-electron chi connectivity index (χ1n) is 4.47. The summed E-state index contributed by atoms with van der Waals surface area (Å²) in [6.45, 7) is -1.33. The maximum absolute atomic E-state index is 11.4. The fourth-order valence-electron chi connectivity index (χ4n) is 1.21. The van der Waals surface area contributed by atoms with E-state index in [4.69, 9.17) is 20.3 Å². The van der Waals surface area contributed by atoms with Gasteiger partial charge in [-0.2, -0.15) is 0 Å². The molecule has 0 aromatic rings. The highest BCUT2D eigenvalue weighted by Gasteiger charge is 2.23. The average Bonchev–Trinajstić information content (AvgIpc) is 2.04. The first kappa shape index (κ1) is 11.1. The van der Waals surface area contributed by atoms with Crippen molar-refractivity contribution in [3.63, 3.8) is 0 Å². The van der Waals surface area contributed by atoms with E-state index in [9.17, 15) is 4.57 Å². The first-order chi connectivity index (χ1) is 6.14. The number of halogens is 1. The zero-order valence-corrected chi connectivity index (χ0v) is 9.31. The predicted molar refractivity (Wildman–Crippen MR) is 52.7 cm³/mol. The van der Waals surface area contributed by atoms with E-state index < -0.39 is 6.95 Å². The molecule has 0 amide bonds. The van der Waals surface area contributed by atoms with Crippen LogP contribution in [0.15, 0.2) is 11.8 Å². The van der Waals surface area contributed by atoms with E-state index >= 15 is 0 Å². The minimum Gasteiger partial charge on any atom is -0.418 e. The molecule has 76 valence electrons. The molecule has 13 heavy (non-hydrogen) atoms. The van der Waals surface area contributed by atoms with E-state index in [-0.39, 0.29) is 0 Å². The van der Waals surface area contributed by atoms with Gasteiger partial charge in [0.2, 0.25) is 0 Å². The zero-order valence-electron chi connectivity index (χ0n) is 7.66. The van der Waals surface area contributed by atoms with Gasteiger partial charge in [0.1, 0.15) is 5.76 Å². The Kier molecular flexibility index (Phi) is 4.30. The van der Waals surface area contributed by atoms with Gasteiger partial charge in [-0.1, -0.05) is 0 Å². The summed E-state index contributed by atoms with van der Waals surface area (Å²) in [5.41, 5.74) is 0. The molecule has 1 aliphatic rings. The lowest BCUT2D eigenvalue weighted by Crippen LogP contribution is -1.96. The van der Waals surface area contributed by atoms with E-state index in [1.54, 1.807) is 6.92 Å². The van der Waals surface area contributed by atoms with Gasteiger partial charge in [-0.05, 0) is 32.3 Å². The van der Waals surface area contributed by atoms with Gasteiger partial charge in [0.15, 0.2) is 0 Å². The van der Waals surface area contributed by atoms with Crippen LogP contribution in [-0.2, 0) is 13.6 Å². The zero-order chi connectivity index (χ0) is 9.73. The summed E-state index contributed by atoms with van der Waals surface area (Å²) < 4.78 is 21.2. The van der Waals surface area contributed by atoms with Crippen molar-refractivity contribution in [2.45, 2.75) is 32.6 Å². The van der Waals surface area contributed by atoms with Crippen molar-refractivity contribution in [1.82, 2.24) is 0 Å². The smallest absolute Gasteiger partial charge is 0.418 e. The molecule has 0 N–H and O–H groups in total. The topological polar surface area (TPSA) is 35.5 Å². The van der Waals surface area contributed by atoms with Crippen LogP contribution in [0.2, 0.25) is 0 Å². The van der Waals surface area contributed by atoms with E-state index in [1.165, 1.54) is 0 Å². The molecule has 1 atom stereocenters. The Hall–Kier alpha value is 0.0200. The van der Waals surface area contributed by atoms with Crippen LogP contribution in [0.1, 0.15) is 32.6 Å². The van der Waals surface area contributed by atoms with Gasteiger partial charge in [0.05, 0.1) is 6.61 Å². The largest absolute Gasteiger partial charge is 0.476 e. The third kappa shape index (κ3) is 4.17. The number of allylic oxidation sites excluding steroid dienone is 2. The van der Waals surface area contributed by atoms with Gasteiger partial charge < -0.3 is 4.52 Å². The summed E-state index contributed by atoms with van der Waals surface area (Å²) >= 11 is 5.54. The van der Waals surface area contributed by atoms with Crippen molar-refractivity contribution >= 4 is 18.2 Å². The fourth-order valence-corrected chi connectivity index (χ4v) is 2.58. The number of rotatable bonds is 4. The summed E-state index contributed by atoms with van der Waals surface area (Å²) in [5.74, 6) is 0.707. The summed E-state index contributed by atoms with van der Waals surface area (Å²) in [4.78, 5) is 0.